The predicted octanol–water partition coefficient (Wildman–Crippen LogP) is 3.14. The molecule has 1 aliphatic heterocycles. The minimum atomic E-state index is -4.31. The van der Waals surface area contributed by atoms with Crippen molar-refractivity contribution in [1.82, 2.24) is 4.90 Å². The molecule has 0 radical (unpaired) electrons. The van der Waals surface area contributed by atoms with Gasteiger partial charge in [0, 0.05) is 43.8 Å². The Kier molecular flexibility index (Phi) is 8.27. The van der Waals surface area contributed by atoms with E-state index >= 15 is 0 Å². The lowest BCUT2D eigenvalue weighted by Gasteiger charge is -2.36. The molecule has 1 heterocycles. The Morgan fingerprint density at radius 3 is 2.28 bits per heavy atom. The molecule has 0 bridgehead atoms. The van der Waals surface area contributed by atoms with Crippen LogP contribution in [0.3, 0.4) is 0 Å². The summed E-state index contributed by atoms with van der Waals surface area (Å²) in [7, 11) is -4.31. The number of nitrogens with zero attached hydrogens (tertiary/aromatic N) is 3. The zero-order valence-electron chi connectivity index (χ0n) is 17.8. The minimum Gasteiger partial charge on any atom is -0.373 e. The van der Waals surface area contributed by atoms with Crippen LogP contribution in [0.5, 0.6) is 0 Å². The first kappa shape index (κ1) is 25.2. The van der Waals surface area contributed by atoms with Crippen LogP contribution < -0.4 is 10.2 Å². The van der Waals surface area contributed by atoms with Crippen LogP contribution >= 0.6 is 12.4 Å². The van der Waals surface area contributed by atoms with E-state index in [0.29, 0.717) is 18.8 Å². The number of piperazine rings is 1. The van der Waals surface area contributed by atoms with Gasteiger partial charge >= 0.3 is 0 Å². The van der Waals surface area contributed by atoms with E-state index in [0.717, 1.165) is 13.1 Å². The van der Waals surface area contributed by atoms with Gasteiger partial charge in [-0.05, 0) is 55.3 Å². The fourth-order valence-corrected chi connectivity index (χ4v) is 3.88. The van der Waals surface area contributed by atoms with Crippen molar-refractivity contribution in [3.8, 4) is 6.07 Å². The highest BCUT2D eigenvalue weighted by Crippen LogP contribution is 2.24. The van der Waals surface area contributed by atoms with Crippen LogP contribution in [0.1, 0.15) is 11.1 Å². The molecule has 0 saturated carbocycles. The van der Waals surface area contributed by atoms with Crippen LogP contribution in [0.4, 0.5) is 11.4 Å². The second-order valence-electron chi connectivity index (χ2n) is 7.35. The van der Waals surface area contributed by atoms with Gasteiger partial charge in [-0.2, -0.15) is 13.7 Å². The molecule has 0 atom stereocenters. The van der Waals surface area contributed by atoms with Crippen molar-refractivity contribution in [1.29, 1.82) is 5.26 Å². The van der Waals surface area contributed by atoms with Gasteiger partial charge in [-0.15, -0.1) is 12.4 Å². The zero-order chi connectivity index (χ0) is 22.6. The molecule has 2 aromatic rings. The van der Waals surface area contributed by atoms with E-state index in [1.54, 1.807) is 6.20 Å². The van der Waals surface area contributed by atoms with Crippen molar-refractivity contribution < 1.29 is 17.8 Å². The molecule has 0 aliphatic carbocycles. The number of benzene rings is 2. The predicted molar refractivity (Wildman–Crippen MR) is 126 cm³/mol. The molecule has 170 valence electrons. The third-order valence-corrected chi connectivity index (χ3v) is 6.19. The van der Waals surface area contributed by atoms with Crippen molar-refractivity contribution in [3.05, 3.63) is 65.4 Å². The van der Waals surface area contributed by atoms with Crippen molar-refractivity contribution in [2.75, 3.05) is 36.4 Å². The van der Waals surface area contributed by atoms with E-state index in [-0.39, 0.29) is 22.9 Å². The lowest BCUT2D eigenvalue weighted by molar-refractivity contribution is -0.112. The lowest BCUT2D eigenvalue weighted by Crippen LogP contribution is -2.44. The minimum absolute atomic E-state index is 0. The fraction of sp³-hybridized carbons (Fsp3) is 0.273. The quantitative estimate of drug-likeness (QED) is 0.387. The number of nitriles is 1. The number of amides is 1. The highest BCUT2D eigenvalue weighted by Gasteiger charge is 2.19. The summed E-state index contributed by atoms with van der Waals surface area (Å²) in [5, 5.41) is 12.0. The van der Waals surface area contributed by atoms with E-state index in [1.165, 1.54) is 41.1 Å². The van der Waals surface area contributed by atoms with Crippen LogP contribution in [0, 0.1) is 25.2 Å². The number of hydrogen-bond donors (Lipinski definition) is 2. The zero-order valence-corrected chi connectivity index (χ0v) is 19.4. The summed E-state index contributed by atoms with van der Waals surface area (Å²) >= 11 is 0. The summed E-state index contributed by atoms with van der Waals surface area (Å²) < 4.78 is 31.2. The Hall–Kier alpha value is -3.06. The number of nitrogens with one attached hydrogen (secondary N) is 1. The first-order chi connectivity index (χ1) is 14.7. The van der Waals surface area contributed by atoms with Gasteiger partial charge in [0.15, 0.2) is 0 Å². The molecule has 2 N–H and O–H groups in total. The SMILES string of the molecule is Cc1cccc(N2CCN(/C=C(/C#N)C(=O)Nc3ccc(S(=O)(=O)O)cc3)CC2)c1C.Cl. The van der Waals surface area contributed by atoms with Gasteiger partial charge < -0.3 is 15.1 Å². The van der Waals surface area contributed by atoms with Gasteiger partial charge in [0.2, 0.25) is 0 Å². The van der Waals surface area contributed by atoms with Crippen molar-refractivity contribution in [2.45, 2.75) is 18.7 Å². The molecule has 10 heteroatoms. The second-order valence-corrected chi connectivity index (χ2v) is 8.77. The molecule has 3 rings (SSSR count). The number of rotatable bonds is 5. The third-order valence-electron chi connectivity index (χ3n) is 5.32. The van der Waals surface area contributed by atoms with E-state index in [4.69, 9.17) is 4.55 Å². The largest absolute Gasteiger partial charge is 0.373 e. The molecule has 0 unspecified atom stereocenters. The van der Waals surface area contributed by atoms with Crippen molar-refractivity contribution in [2.24, 2.45) is 0 Å². The lowest BCUT2D eigenvalue weighted by atomic mass is 10.1. The normalized spacial score (nSPS) is 14.4. The molecule has 8 nitrogen and oxygen atoms in total. The van der Waals surface area contributed by atoms with E-state index in [2.05, 4.69) is 36.2 Å². The fourth-order valence-electron chi connectivity index (χ4n) is 3.40. The van der Waals surface area contributed by atoms with Crippen LogP contribution in [0.15, 0.2) is 59.1 Å². The highest BCUT2D eigenvalue weighted by molar-refractivity contribution is 7.85. The number of aryl methyl sites for hydroxylation is 1. The monoisotopic (exact) mass is 476 g/mol. The average molecular weight is 477 g/mol. The highest BCUT2D eigenvalue weighted by atomic mass is 35.5. The van der Waals surface area contributed by atoms with Crippen LogP contribution in [0.2, 0.25) is 0 Å². The Labute approximate surface area is 194 Å². The summed E-state index contributed by atoms with van der Waals surface area (Å²) in [4.78, 5) is 16.4. The van der Waals surface area contributed by atoms with Gasteiger partial charge in [0.1, 0.15) is 11.6 Å². The summed E-state index contributed by atoms with van der Waals surface area (Å²) in [6.07, 6.45) is 1.56. The summed E-state index contributed by atoms with van der Waals surface area (Å²) in [5.74, 6) is -0.584. The molecule has 0 spiro atoms. The van der Waals surface area contributed by atoms with E-state index in [1.807, 2.05) is 17.0 Å². The maximum atomic E-state index is 12.5. The van der Waals surface area contributed by atoms with Crippen LogP contribution in [0.25, 0.3) is 0 Å². The average Bonchev–Trinajstić information content (AvgIpc) is 2.74. The Morgan fingerprint density at radius 2 is 1.72 bits per heavy atom. The van der Waals surface area contributed by atoms with Crippen LogP contribution in [-0.2, 0) is 14.9 Å². The molecule has 1 amide bonds. The van der Waals surface area contributed by atoms with Gasteiger partial charge in [-0.3, -0.25) is 9.35 Å². The maximum absolute atomic E-state index is 12.5. The Balaban J connectivity index is 0.00000363. The number of carbonyl (C=O) groups excluding carboxylic acids is 1. The van der Waals surface area contributed by atoms with E-state index in [9.17, 15) is 18.5 Å². The molecule has 1 aliphatic rings. The Bertz CT molecular complexity index is 1150. The Morgan fingerprint density at radius 1 is 1.09 bits per heavy atom. The van der Waals surface area contributed by atoms with Crippen LogP contribution in [-0.4, -0.2) is 50.0 Å². The smallest absolute Gasteiger partial charge is 0.294 e. The molecule has 0 aromatic heterocycles. The summed E-state index contributed by atoms with van der Waals surface area (Å²) in [6, 6.07) is 13.2. The first-order valence-corrected chi connectivity index (χ1v) is 11.2. The third kappa shape index (κ3) is 6.01. The van der Waals surface area contributed by atoms with Crippen molar-refractivity contribution in [3.63, 3.8) is 0 Å². The second kappa shape index (κ2) is 10.5. The van der Waals surface area contributed by atoms with Gasteiger partial charge in [-0.1, -0.05) is 12.1 Å². The molecule has 1 saturated heterocycles. The molecular weight excluding hydrogens is 452 g/mol. The van der Waals surface area contributed by atoms with Gasteiger partial charge in [0.05, 0.1) is 4.90 Å². The number of carbonyl (C=O) groups is 1. The van der Waals surface area contributed by atoms with Crippen molar-refractivity contribution >= 4 is 39.8 Å². The van der Waals surface area contributed by atoms with Gasteiger partial charge in [0.25, 0.3) is 16.0 Å². The topological polar surface area (TPSA) is 114 Å². The number of halogens is 1. The molecule has 1 fully saturated rings. The molecular formula is C22H25ClN4O4S. The maximum Gasteiger partial charge on any atom is 0.294 e. The molecule has 2 aromatic carbocycles. The standard InChI is InChI=1S/C22H24N4O4S.ClH/c1-16-4-3-5-21(17(16)2)26-12-10-25(11-13-26)15-18(14-23)22(27)24-19-6-8-20(9-7-19)31(28,29)30;/h3-9,15H,10-13H2,1-2H3,(H,24,27)(H,28,29,30);1H/b18-15-;. The summed E-state index contributed by atoms with van der Waals surface area (Å²) in [6.45, 7) is 7.10. The number of hydrogen-bond acceptors (Lipinski definition) is 6. The first-order valence-electron chi connectivity index (χ1n) is 9.75. The summed E-state index contributed by atoms with van der Waals surface area (Å²) in [5.41, 5.74) is 3.98. The van der Waals surface area contributed by atoms with E-state index < -0.39 is 16.0 Å². The van der Waals surface area contributed by atoms with Gasteiger partial charge in [-0.25, -0.2) is 0 Å². The molecule has 32 heavy (non-hydrogen) atoms. The number of anilines is 2.